The van der Waals surface area contributed by atoms with Gasteiger partial charge in [0.25, 0.3) is 5.56 Å². The van der Waals surface area contributed by atoms with E-state index in [-0.39, 0.29) is 22.9 Å². The molecule has 4 rings (SSSR count). The minimum absolute atomic E-state index is 0.139. The molecular weight excluding hydrogens is 414 g/mol. The highest BCUT2D eigenvalue weighted by molar-refractivity contribution is 7.89. The van der Waals surface area contributed by atoms with Crippen molar-refractivity contribution in [3.8, 4) is 0 Å². The summed E-state index contributed by atoms with van der Waals surface area (Å²) >= 11 is 0. The van der Waals surface area contributed by atoms with Crippen LogP contribution in [0.3, 0.4) is 0 Å². The molecule has 1 aromatic heterocycles. The number of benzene rings is 2. The average Bonchev–Trinajstić information content (AvgIpc) is 3.31. The highest BCUT2D eigenvalue weighted by Crippen LogP contribution is 2.24. The molecule has 7 nitrogen and oxygen atoms in total. The van der Waals surface area contributed by atoms with E-state index in [2.05, 4.69) is 5.32 Å². The summed E-state index contributed by atoms with van der Waals surface area (Å²) in [5.74, 6) is -0.288. The number of hydrogen-bond donors (Lipinski definition) is 1. The van der Waals surface area contributed by atoms with Crippen LogP contribution in [0.2, 0.25) is 0 Å². The molecule has 1 saturated heterocycles. The number of fused-ring (bicyclic) bond motifs is 1. The van der Waals surface area contributed by atoms with Gasteiger partial charge in [0.15, 0.2) is 0 Å². The Morgan fingerprint density at radius 2 is 1.71 bits per heavy atom. The molecule has 0 atom stereocenters. The highest BCUT2D eigenvalue weighted by Gasteiger charge is 2.27. The third-order valence-electron chi connectivity index (χ3n) is 5.58. The van der Waals surface area contributed by atoms with Crippen molar-refractivity contribution in [2.75, 3.05) is 13.1 Å². The van der Waals surface area contributed by atoms with Crippen molar-refractivity contribution < 1.29 is 13.2 Å². The Bertz CT molecular complexity index is 1270. The summed E-state index contributed by atoms with van der Waals surface area (Å²) in [7, 11) is -3.55. The Balaban J connectivity index is 1.56. The highest BCUT2D eigenvalue weighted by atomic mass is 32.2. The third-order valence-corrected chi connectivity index (χ3v) is 7.47. The van der Waals surface area contributed by atoms with E-state index in [0.717, 1.165) is 24.0 Å². The quantitative estimate of drug-likeness (QED) is 0.639. The monoisotopic (exact) mass is 439 g/mol. The van der Waals surface area contributed by atoms with Gasteiger partial charge in [-0.25, -0.2) is 8.42 Å². The molecule has 1 N–H and O–H groups in total. The fourth-order valence-electron chi connectivity index (χ4n) is 3.79. The molecule has 0 bridgehead atoms. The van der Waals surface area contributed by atoms with Crippen molar-refractivity contribution in [1.29, 1.82) is 0 Å². The maximum absolute atomic E-state index is 12.8. The fourth-order valence-corrected chi connectivity index (χ4v) is 5.34. The summed E-state index contributed by atoms with van der Waals surface area (Å²) in [5, 5.41) is 3.43. The van der Waals surface area contributed by atoms with E-state index >= 15 is 0 Å². The lowest BCUT2D eigenvalue weighted by Gasteiger charge is -2.16. The molecule has 8 heteroatoms. The van der Waals surface area contributed by atoms with Gasteiger partial charge in [-0.1, -0.05) is 29.8 Å². The number of sulfonamides is 1. The van der Waals surface area contributed by atoms with Crippen LogP contribution in [0.5, 0.6) is 0 Å². The van der Waals surface area contributed by atoms with Gasteiger partial charge in [-0.15, -0.1) is 0 Å². The molecule has 162 valence electrons. The maximum Gasteiger partial charge on any atom is 0.251 e. The molecular formula is C23H25N3O4S. The van der Waals surface area contributed by atoms with E-state index in [1.807, 2.05) is 31.2 Å². The van der Waals surface area contributed by atoms with Crippen LogP contribution in [0.15, 0.2) is 64.3 Å². The molecule has 1 amide bonds. The number of carbonyl (C=O) groups is 1. The molecule has 2 aromatic carbocycles. The fraction of sp³-hybridized carbons (Fsp3) is 0.304. The molecule has 0 radical (unpaired) electrons. The van der Waals surface area contributed by atoms with Gasteiger partial charge in [-0.2, -0.15) is 4.31 Å². The first-order valence-electron chi connectivity index (χ1n) is 10.3. The number of aryl methyl sites for hydroxylation is 1. The van der Waals surface area contributed by atoms with E-state index in [1.165, 1.54) is 21.0 Å². The average molecular weight is 440 g/mol. The second-order valence-corrected chi connectivity index (χ2v) is 9.79. The predicted octanol–water partition coefficient (Wildman–Crippen LogP) is 2.41. The van der Waals surface area contributed by atoms with E-state index in [4.69, 9.17) is 0 Å². The van der Waals surface area contributed by atoms with Crippen LogP contribution >= 0.6 is 0 Å². The Kier molecular flexibility index (Phi) is 5.93. The van der Waals surface area contributed by atoms with Crippen LogP contribution in [0.1, 0.15) is 24.0 Å². The lowest BCUT2D eigenvalue weighted by atomic mass is 10.1. The van der Waals surface area contributed by atoms with Crippen LogP contribution in [-0.2, 0) is 27.9 Å². The number of nitrogens with one attached hydrogen (secondary N) is 1. The van der Waals surface area contributed by atoms with Crippen molar-refractivity contribution in [1.82, 2.24) is 14.2 Å². The first kappa shape index (κ1) is 21.3. The van der Waals surface area contributed by atoms with Gasteiger partial charge < -0.3 is 5.32 Å². The van der Waals surface area contributed by atoms with Gasteiger partial charge in [0, 0.05) is 25.7 Å². The third kappa shape index (κ3) is 4.55. The van der Waals surface area contributed by atoms with Gasteiger partial charge in [0.1, 0.15) is 6.54 Å². The second kappa shape index (κ2) is 8.64. The van der Waals surface area contributed by atoms with E-state index in [1.54, 1.807) is 18.2 Å². The molecule has 0 aliphatic carbocycles. The Hall–Kier alpha value is -2.97. The van der Waals surface area contributed by atoms with Crippen molar-refractivity contribution in [3.05, 3.63) is 76.1 Å². The number of rotatable bonds is 6. The smallest absolute Gasteiger partial charge is 0.251 e. The Morgan fingerprint density at radius 1 is 1.00 bits per heavy atom. The van der Waals surface area contributed by atoms with Crippen molar-refractivity contribution in [2.24, 2.45) is 0 Å². The summed E-state index contributed by atoms with van der Waals surface area (Å²) in [6.45, 7) is 3.29. The van der Waals surface area contributed by atoms with Crippen molar-refractivity contribution >= 4 is 26.8 Å². The van der Waals surface area contributed by atoms with Gasteiger partial charge in [-0.3, -0.25) is 14.2 Å². The largest absolute Gasteiger partial charge is 0.350 e. The van der Waals surface area contributed by atoms with Crippen LogP contribution in [0, 0.1) is 6.92 Å². The van der Waals surface area contributed by atoms with Crippen molar-refractivity contribution in [3.63, 3.8) is 0 Å². The van der Waals surface area contributed by atoms with Crippen LogP contribution in [-0.4, -0.2) is 36.3 Å². The number of aromatic nitrogens is 1. The summed E-state index contributed by atoms with van der Waals surface area (Å²) < 4.78 is 28.5. The lowest BCUT2D eigenvalue weighted by molar-refractivity contribution is -0.121. The van der Waals surface area contributed by atoms with Crippen molar-refractivity contribution in [2.45, 2.75) is 37.8 Å². The van der Waals surface area contributed by atoms with Crippen LogP contribution in [0.25, 0.3) is 10.9 Å². The predicted molar refractivity (Wildman–Crippen MR) is 119 cm³/mol. The second-order valence-electron chi connectivity index (χ2n) is 7.85. The number of pyridine rings is 1. The zero-order valence-electron chi connectivity index (χ0n) is 17.4. The molecule has 1 aliphatic rings. The molecule has 2 heterocycles. The summed E-state index contributed by atoms with van der Waals surface area (Å²) in [6.07, 6.45) is 1.73. The zero-order valence-corrected chi connectivity index (χ0v) is 18.2. The molecule has 0 spiro atoms. The van der Waals surface area contributed by atoms with Gasteiger partial charge >= 0.3 is 0 Å². The summed E-state index contributed by atoms with van der Waals surface area (Å²) in [5.41, 5.74) is 2.33. The molecule has 0 saturated carbocycles. The lowest BCUT2D eigenvalue weighted by Crippen LogP contribution is -2.32. The first-order chi connectivity index (χ1) is 14.8. The van der Waals surface area contributed by atoms with Gasteiger partial charge in [-0.05, 0) is 55.0 Å². The van der Waals surface area contributed by atoms with Gasteiger partial charge in [0.2, 0.25) is 15.9 Å². The number of amides is 1. The molecule has 0 unspecified atom stereocenters. The van der Waals surface area contributed by atoms with Crippen LogP contribution in [0.4, 0.5) is 0 Å². The summed E-state index contributed by atoms with van der Waals surface area (Å²) in [6, 6.07) is 15.5. The molecule has 1 aliphatic heterocycles. The van der Waals surface area contributed by atoms with Crippen LogP contribution < -0.4 is 10.9 Å². The van der Waals surface area contributed by atoms with E-state index < -0.39 is 10.0 Å². The van der Waals surface area contributed by atoms with E-state index in [0.29, 0.717) is 30.5 Å². The number of nitrogens with zero attached hydrogens (tertiary/aromatic N) is 2. The normalized spacial score (nSPS) is 14.7. The number of carbonyl (C=O) groups excluding carboxylic acids is 1. The molecule has 1 fully saturated rings. The minimum Gasteiger partial charge on any atom is -0.350 e. The maximum atomic E-state index is 12.8. The Morgan fingerprint density at radius 3 is 2.42 bits per heavy atom. The molecule has 31 heavy (non-hydrogen) atoms. The Labute approximate surface area is 181 Å². The molecule has 3 aromatic rings. The number of hydrogen-bond acceptors (Lipinski definition) is 4. The topological polar surface area (TPSA) is 88.5 Å². The SMILES string of the molecule is Cc1ccc(CNC(=O)Cn2c(=O)ccc3cc(S(=O)(=O)N4CCCC4)ccc32)cc1. The van der Waals surface area contributed by atoms with Gasteiger partial charge in [0.05, 0.1) is 10.4 Å². The first-order valence-corrected chi connectivity index (χ1v) is 11.7. The zero-order chi connectivity index (χ0) is 22.0. The summed E-state index contributed by atoms with van der Waals surface area (Å²) in [4.78, 5) is 25.1. The van der Waals surface area contributed by atoms with E-state index in [9.17, 15) is 18.0 Å². The minimum atomic E-state index is -3.55. The standard InChI is InChI=1S/C23H25N3O4S/c1-17-4-6-18(7-5-17)15-24-22(27)16-26-21-10-9-20(14-19(21)8-11-23(26)28)31(29,30)25-12-2-3-13-25/h4-11,14H,2-3,12-13,15-16H2,1H3,(H,24,27).